The molecule has 0 aromatic carbocycles. The van der Waals surface area contributed by atoms with Crippen LogP contribution >= 0.6 is 0 Å². The van der Waals surface area contributed by atoms with Gasteiger partial charge in [0.2, 0.25) is 11.8 Å². The molecule has 1 aliphatic heterocycles. The summed E-state index contributed by atoms with van der Waals surface area (Å²) >= 11 is 0. The third kappa shape index (κ3) is 2.77. The van der Waals surface area contributed by atoms with Crippen LogP contribution in [-0.4, -0.2) is 36.1 Å². The number of hydrogen-bond acceptors (Lipinski definition) is 3. The Morgan fingerprint density at radius 2 is 2.18 bits per heavy atom. The molecule has 1 aliphatic carbocycles. The van der Waals surface area contributed by atoms with Crippen LogP contribution in [0.25, 0.3) is 0 Å². The number of amides is 2. The van der Waals surface area contributed by atoms with Gasteiger partial charge in [0, 0.05) is 18.4 Å². The molecule has 0 unspecified atom stereocenters. The number of rotatable bonds is 4. The maximum absolute atomic E-state index is 11.8. The molecule has 2 aliphatic rings. The Hall–Kier alpha value is -1.10. The van der Waals surface area contributed by atoms with Gasteiger partial charge in [0.05, 0.1) is 6.61 Å². The lowest BCUT2D eigenvalue weighted by molar-refractivity contribution is -0.126. The van der Waals surface area contributed by atoms with Crippen molar-refractivity contribution in [3.63, 3.8) is 0 Å². The van der Waals surface area contributed by atoms with E-state index in [1.807, 2.05) is 0 Å². The minimum Gasteiger partial charge on any atom is -0.396 e. The molecule has 1 heterocycles. The number of carbonyl (C=O) groups excluding carboxylic acids is 2. The lowest BCUT2D eigenvalue weighted by Gasteiger charge is -2.27. The Labute approximate surface area is 101 Å². The van der Waals surface area contributed by atoms with E-state index in [0.29, 0.717) is 19.4 Å². The quantitative estimate of drug-likeness (QED) is 0.644. The Bertz CT molecular complexity index is 311. The van der Waals surface area contributed by atoms with Gasteiger partial charge in [-0.05, 0) is 19.3 Å². The van der Waals surface area contributed by atoms with Gasteiger partial charge in [-0.2, -0.15) is 0 Å². The predicted molar refractivity (Wildman–Crippen MR) is 62.2 cm³/mol. The highest BCUT2D eigenvalue weighted by Gasteiger charge is 2.35. The molecule has 2 rings (SSSR count). The van der Waals surface area contributed by atoms with Gasteiger partial charge in [-0.15, -0.1) is 0 Å². The van der Waals surface area contributed by atoms with Crippen molar-refractivity contribution in [3.8, 4) is 0 Å². The summed E-state index contributed by atoms with van der Waals surface area (Å²) in [6.45, 7) is 0.652. The summed E-state index contributed by atoms with van der Waals surface area (Å²) in [5.41, 5.74) is -0.127. The van der Waals surface area contributed by atoms with Crippen LogP contribution in [0.4, 0.5) is 0 Å². The number of aliphatic hydroxyl groups excluding tert-OH is 1. The standard InChI is InChI=1S/C12H20N2O3/c15-8-12(5-1-2-6-12)7-13-11(17)9-3-4-10(16)14-9/h9,15H,1-8H2,(H,13,17)(H,14,16)/t9-/m1/s1. The minimum absolute atomic E-state index is 0.0529. The number of nitrogens with one attached hydrogen (secondary N) is 2. The topological polar surface area (TPSA) is 78.4 Å². The SMILES string of the molecule is O=C1CC[C@H](C(=O)NCC2(CO)CCCC2)N1. The summed E-state index contributed by atoms with van der Waals surface area (Å²) in [5, 5.41) is 14.9. The first-order valence-corrected chi connectivity index (χ1v) is 6.33. The molecule has 0 spiro atoms. The molecular formula is C12H20N2O3. The summed E-state index contributed by atoms with van der Waals surface area (Å²) in [6, 6.07) is -0.375. The molecular weight excluding hydrogens is 220 g/mol. The molecule has 96 valence electrons. The fourth-order valence-electron chi connectivity index (χ4n) is 2.72. The molecule has 3 N–H and O–H groups in total. The van der Waals surface area contributed by atoms with Crippen molar-refractivity contribution in [1.82, 2.24) is 10.6 Å². The first kappa shape index (κ1) is 12.4. The number of carbonyl (C=O) groups is 2. The Morgan fingerprint density at radius 3 is 2.71 bits per heavy atom. The van der Waals surface area contributed by atoms with Gasteiger partial charge in [0.15, 0.2) is 0 Å². The third-order valence-electron chi connectivity index (χ3n) is 3.95. The molecule has 0 aromatic heterocycles. The van der Waals surface area contributed by atoms with Crippen molar-refractivity contribution in [1.29, 1.82) is 0 Å². The van der Waals surface area contributed by atoms with E-state index >= 15 is 0 Å². The van der Waals surface area contributed by atoms with Crippen LogP contribution in [0.5, 0.6) is 0 Å². The van der Waals surface area contributed by atoms with Gasteiger partial charge in [-0.25, -0.2) is 0 Å². The van der Waals surface area contributed by atoms with Gasteiger partial charge in [0.25, 0.3) is 0 Å². The molecule has 5 heteroatoms. The van der Waals surface area contributed by atoms with Crippen LogP contribution in [0.1, 0.15) is 38.5 Å². The summed E-state index contributed by atoms with van der Waals surface area (Å²) in [4.78, 5) is 22.8. The summed E-state index contributed by atoms with van der Waals surface area (Å²) in [5.74, 6) is -0.168. The average molecular weight is 240 g/mol. The molecule has 17 heavy (non-hydrogen) atoms. The van der Waals surface area contributed by atoms with Crippen molar-refractivity contribution in [2.75, 3.05) is 13.2 Å². The zero-order valence-corrected chi connectivity index (χ0v) is 10.00. The predicted octanol–water partition coefficient (Wildman–Crippen LogP) is -0.0661. The molecule has 2 amide bonds. The maximum atomic E-state index is 11.8. The van der Waals surface area contributed by atoms with E-state index in [2.05, 4.69) is 10.6 Å². The second-order valence-electron chi connectivity index (χ2n) is 5.24. The normalized spacial score (nSPS) is 26.9. The lowest BCUT2D eigenvalue weighted by atomic mass is 9.87. The molecule has 0 radical (unpaired) electrons. The molecule has 5 nitrogen and oxygen atoms in total. The largest absolute Gasteiger partial charge is 0.396 e. The Morgan fingerprint density at radius 1 is 1.47 bits per heavy atom. The highest BCUT2D eigenvalue weighted by atomic mass is 16.3. The van der Waals surface area contributed by atoms with Gasteiger partial charge >= 0.3 is 0 Å². The minimum atomic E-state index is -0.375. The van der Waals surface area contributed by atoms with Crippen LogP contribution in [0, 0.1) is 5.41 Å². The lowest BCUT2D eigenvalue weighted by Crippen LogP contribution is -2.46. The van der Waals surface area contributed by atoms with E-state index in [0.717, 1.165) is 25.7 Å². The fraction of sp³-hybridized carbons (Fsp3) is 0.833. The van der Waals surface area contributed by atoms with Crippen molar-refractivity contribution in [3.05, 3.63) is 0 Å². The smallest absolute Gasteiger partial charge is 0.242 e. The van der Waals surface area contributed by atoms with E-state index < -0.39 is 0 Å². The molecule has 0 bridgehead atoms. The monoisotopic (exact) mass is 240 g/mol. The molecule has 1 saturated heterocycles. The van der Waals surface area contributed by atoms with Crippen molar-refractivity contribution < 1.29 is 14.7 Å². The Kier molecular flexibility index (Phi) is 3.66. The average Bonchev–Trinajstić information content (AvgIpc) is 2.95. The van der Waals surface area contributed by atoms with Gasteiger partial charge in [-0.1, -0.05) is 12.8 Å². The number of aliphatic hydroxyl groups is 1. The van der Waals surface area contributed by atoms with Gasteiger partial charge in [-0.3, -0.25) is 9.59 Å². The summed E-state index contributed by atoms with van der Waals surface area (Å²) < 4.78 is 0. The summed E-state index contributed by atoms with van der Waals surface area (Å²) in [7, 11) is 0. The third-order valence-corrected chi connectivity index (χ3v) is 3.95. The molecule has 0 aromatic rings. The highest BCUT2D eigenvalue weighted by Crippen LogP contribution is 2.36. The van der Waals surface area contributed by atoms with Gasteiger partial charge in [0.1, 0.15) is 6.04 Å². The zero-order chi connectivity index (χ0) is 12.3. The van der Waals surface area contributed by atoms with Crippen molar-refractivity contribution in [2.45, 2.75) is 44.6 Å². The van der Waals surface area contributed by atoms with Crippen LogP contribution in [0.15, 0.2) is 0 Å². The second kappa shape index (κ2) is 5.04. The van der Waals surface area contributed by atoms with Gasteiger partial charge < -0.3 is 15.7 Å². The Balaban J connectivity index is 1.81. The van der Waals surface area contributed by atoms with E-state index in [9.17, 15) is 14.7 Å². The second-order valence-corrected chi connectivity index (χ2v) is 5.24. The van der Waals surface area contributed by atoms with Crippen LogP contribution < -0.4 is 10.6 Å². The van der Waals surface area contributed by atoms with Crippen LogP contribution in [-0.2, 0) is 9.59 Å². The highest BCUT2D eigenvalue weighted by molar-refractivity contribution is 5.90. The summed E-state index contributed by atoms with van der Waals surface area (Å²) in [6.07, 6.45) is 5.20. The van der Waals surface area contributed by atoms with Crippen molar-refractivity contribution >= 4 is 11.8 Å². The van der Waals surface area contributed by atoms with E-state index in [-0.39, 0.29) is 29.9 Å². The molecule has 1 saturated carbocycles. The zero-order valence-electron chi connectivity index (χ0n) is 10.00. The van der Waals surface area contributed by atoms with E-state index in [4.69, 9.17) is 0 Å². The van der Waals surface area contributed by atoms with Crippen LogP contribution in [0.2, 0.25) is 0 Å². The first-order chi connectivity index (χ1) is 8.15. The number of hydrogen-bond donors (Lipinski definition) is 3. The van der Waals surface area contributed by atoms with Crippen LogP contribution in [0.3, 0.4) is 0 Å². The van der Waals surface area contributed by atoms with E-state index in [1.165, 1.54) is 0 Å². The molecule has 2 fully saturated rings. The first-order valence-electron chi connectivity index (χ1n) is 6.33. The fourth-order valence-corrected chi connectivity index (χ4v) is 2.72. The maximum Gasteiger partial charge on any atom is 0.242 e. The molecule has 1 atom stereocenters. The van der Waals surface area contributed by atoms with Crippen molar-refractivity contribution in [2.24, 2.45) is 5.41 Å². The van der Waals surface area contributed by atoms with E-state index in [1.54, 1.807) is 0 Å².